The SMILES string of the molecule is O=c1[nH]c2nnc(-c3ccccc3O)cc2c2ccc(N3CCNCC3)cc12. The topological polar surface area (TPSA) is 94.1 Å². The quantitative estimate of drug-likeness (QED) is 0.467. The number of phenols is 1. The van der Waals surface area contributed by atoms with Crippen molar-refractivity contribution in [2.45, 2.75) is 0 Å². The summed E-state index contributed by atoms with van der Waals surface area (Å²) in [6, 6.07) is 14.8. The standard InChI is InChI=1S/C21H19N5O2/c27-19-4-2-1-3-15(19)18-12-16-14-6-5-13(26-9-7-22-8-10-26)11-17(14)21(28)23-20(16)25-24-18/h1-6,11-12,22,27H,7-10H2,(H,23,25,28). The molecule has 1 fully saturated rings. The Hall–Kier alpha value is -3.45. The summed E-state index contributed by atoms with van der Waals surface area (Å²) in [7, 11) is 0. The minimum atomic E-state index is -0.177. The minimum Gasteiger partial charge on any atom is -0.507 e. The molecule has 3 heterocycles. The molecular weight excluding hydrogens is 354 g/mol. The number of anilines is 1. The number of phenolic OH excluding ortho intramolecular Hbond substituents is 1. The summed E-state index contributed by atoms with van der Waals surface area (Å²) in [6.07, 6.45) is 0. The van der Waals surface area contributed by atoms with Gasteiger partial charge in [0.2, 0.25) is 0 Å². The van der Waals surface area contributed by atoms with Crippen molar-refractivity contribution in [3.63, 3.8) is 0 Å². The van der Waals surface area contributed by atoms with Crippen LogP contribution in [0.1, 0.15) is 0 Å². The molecule has 0 amide bonds. The third kappa shape index (κ3) is 2.76. The smallest absolute Gasteiger partial charge is 0.257 e. The summed E-state index contributed by atoms with van der Waals surface area (Å²) in [6.45, 7) is 3.71. The average molecular weight is 373 g/mol. The number of aromatic amines is 1. The summed E-state index contributed by atoms with van der Waals surface area (Å²) >= 11 is 0. The lowest BCUT2D eigenvalue weighted by Crippen LogP contribution is -2.43. The Kier molecular flexibility index (Phi) is 3.95. The molecule has 0 unspecified atom stereocenters. The van der Waals surface area contributed by atoms with Gasteiger partial charge in [-0.2, -0.15) is 0 Å². The predicted octanol–water partition coefficient (Wildman–Crippen LogP) is 2.25. The molecule has 0 saturated carbocycles. The number of H-pyrrole nitrogens is 1. The molecule has 0 radical (unpaired) electrons. The summed E-state index contributed by atoms with van der Waals surface area (Å²) < 4.78 is 0. The van der Waals surface area contributed by atoms with Crippen LogP contribution >= 0.6 is 0 Å². The Labute approximate surface area is 160 Å². The Morgan fingerprint density at radius 1 is 0.929 bits per heavy atom. The maximum atomic E-state index is 12.6. The second kappa shape index (κ2) is 6.61. The van der Waals surface area contributed by atoms with Crippen LogP contribution in [0.4, 0.5) is 5.69 Å². The number of fused-ring (bicyclic) bond motifs is 3. The lowest BCUT2D eigenvalue weighted by atomic mass is 10.0. The first-order valence-corrected chi connectivity index (χ1v) is 9.28. The van der Waals surface area contributed by atoms with Gasteiger partial charge in [0.25, 0.3) is 5.56 Å². The van der Waals surface area contributed by atoms with Gasteiger partial charge in [-0.25, -0.2) is 0 Å². The van der Waals surface area contributed by atoms with Crippen molar-refractivity contribution >= 4 is 27.5 Å². The van der Waals surface area contributed by atoms with Crippen molar-refractivity contribution in [3.05, 3.63) is 58.9 Å². The lowest BCUT2D eigenvalue weighted by molar-refractivity contribution is 0.477. The van der Waals surface area contributed by atoms with E-state index in [0.29, 0.717) is 22.3 Å². The first-order valence-electron chi connectivity index (χ1n) is 9.28. The van der Waals surface area contributed by atoms with E-state index in [9.17, 15) is 9.90 Å². The van der Waals surface area contributed by atoms with Gasteiger partial charge in [-0.05, 0) is 35.7 Å². The molecule has 3 N–H and O–H groups in total. The van der Waals surface area contributed by atoms with E-state index in [1.165, 1.54) is 0 Å². The van der Waals surface area contributed by atoms with Crippen molar-refractivity contribution in [1.29, 1.82) is 0 Å². The Morgan fingerprint density at radius 2 is 1.75 bits per heavy atom. The molecule has 0 aliphatic carbocycles. The first kappa shape index (κ1) is 16.7. The molecule has 7 nitrogen and oxygen atoms in total. The highest BCUT2D eigenvalue weighted by Crippen LogP contribution is 2.30. The number of nitrogens with zero attached hydrogens (tertiary/aromatic N) is 3. The highest BCUT2D eigenvalue weighted by molar-refractivity contribution is 6.05. The predicted molar refractivity (Wildman–Crippen MR) is 110 cm³/mol. The second-order valence-corrected chi connectivity index (χ2v) is 6.93. The fourth-order valence-electron chi connectivity index (χ4n) is 3.76. The number of hydrogen-bond acceptors (Lipinski definition) is 6. The Morgan fingerprint density at radius 3 is 2.57 bits per heavy atom. The zero-order chi connectivity index (χ0) is 19.1. The molecule has 28 heavy (non-hydrogen) atoms. The van der Waals surface area contributed by atoms with Crippen molar-refractivity contribution in [2.75, 3.05) is 31.1 Å². The van der Waals surface area contributed by atoms with Crippen LogP contribution in [0.3, 0.4) is 0 Å². The zero-order valence-corrected chi connectivity index (χ0v) is 15.1. The second-order valence-electron chi connectivity index (χ2n) is 6.93. The van der Waals surface area contributed by atoms with E-state index in [4.69, 9.17) is 0 Å². The van der Waals surface area contributed by atoms with Crippen LogP contribution in [0.25, 0.3) is 33.1 Å². The van der Waals surface area contributed by atoms with Gasteiger partial charge in [0.05, 0.1) is 5.69 Å². The molecule has 4 aromatic rings. The lowest BCUT2D eigenvalue weighted by Gasteiger charge is -2.29. The third-order valence-corrected chi connectivity index (χ3v) is 5.23. The van der Waals surface area contributed by atoms with Crippen LogP contribution in [0, 0.1) is 0 Å². The van der Waals surface area contributed by atoms with Crippen molar-refractivity contribution in [2.24, 2.45) is 0 Å². The first-order chi connectivity index (χ1) is 13.7. The number of aromatic nitrogens is 3. The summed E-state index contributed by atoms with van der Waals surface area (Å²) in [5.41, 5.74) is 2.47. The van der Waals surface area contributed by atoms with Gasteiger partial charge in [-0.15, -0.1) is 10.2 Å². The van der Waals surface area contributed by atoms with Gasteiger partial charge in [-0.3, -0.25) is 4.79 Å². The van der Waals surface area contributed by atoms with Gasteiger partial charge in [0.1, 0.15) is 5.75 Å². The number of rotatable bonds is 2. The van der Waals surface area contributed by atoms with E-state index in [-0.39, 0.29) is 11.3 Å². The highest BCUT2D eigenvalue weighted by atomic mass is 16.3. The molecule has 5 rings (SSSR count). The van der Waals surface area contributed by atoms with E-state index in [0.717, 1.165) is 42.6 Å². The fourth-order valence-corrected chi connectivity index (χ4v) is 3.76. The molecule has 1 aliphatic rings. The Balaban J connectivity index is 1.70. The van der Waals surface area contributed by atoms with E-state index < -0.39 is 0 Å². The molecular formula is C21H19N5O2. The largest absolute Gasteiger partial charge is 0.507 e. The summed E-state index contributed by atoms with van der Waals surface area (Å²) in [5, 5.41) is 24.1. The molecule has 0 atom stereocenters. The highest BCUT2D eigenvalue weighted by Gasteiger charge is 2.14. The van der Waals surface area contributed by atoms with Gasteiger partial charge < -0.3 is 20.3 Å². The molecule has 1 saturated heterocycles. The molecule has 1 aliphatic heterocycles. The van der Waals surface area contributed by atoms with Gasteiger partial charge >= 0.3 is 0 Å². The molecule has 0 bridgehead atoms. The van der Waals surface area contributed by atoms with Crippen molar-refractivity contribution in [1.82, 2.24) is 20.5 Å². The maximum absolute atomic E-state index is 12.6. The molecule has 2 aromatic carbocycles. The number of hydrogen-bond donors (Lipinski definition) is 3. The summed E-state index contributed by atoms with van der Waals surface area (Å²) in [4.78, 5) is 17.8. The number of para-hydroxylation sites is 1. The van der Waals surface area contributed by atoms with Crippen LogP contribution in [0.2, 0.25) is 0 Å². The third-order valence-electron chi connectivity index (χ3n) is 5.23. The van der Waals surface area contributed by atoms with Gasteiger partial charge in [0.15, 0.2) is 5.65 Å². The normalized spacial score (nSPS) is 14.6. The molecule has 7 heteroatoms. The van der Waals surface area contributed by atoms with E-state index >= 15 is 0 Å². The van der Waals surface area contributed by atoms with Crippen molar-refractivity contribution < 1.29 is 5.11 Å². The monoisotopic (exact) mass is 373 g/mol. The van der Waals surface area contributed by atoms with Gasteiger partial charge in [0, 0.05) is 48.2 Å². The Bertz CT molecular complexity index is 1240. The number of benzene rings is 2. The van der Waals surface area contributed by atoms with Crippen LogP contribution in [0.15, 0.2) is 53.3 Å². The number of nitrogens with one attached hydrogen (secondary N) is 2. The van der Waals surface area contributed by atoms with Crippen LogP contribution in [-0.4, -0.2) is 46.5 Å². The fraction of sp³-hybridized carbons (Fsp3) is 0.190. The van der Waals surface area contributed by atoms with Crippen LogP contribution in [-0.2, 0) is 0 Å². The van der Waals surface area contributed by atoms with Crippen molar-refractivity contribution in [3.8, 4) is 17.0 Å². The maximum Gasteiger partial charge on any atom is 0.257 e. The van der Waals surface area contributed by atoms with E-state index in [2.05, 4.69) is 25.4 Å². The number of pyridine rings is 1. The number of aromatic hydroxyl groups is 1. The molecule has 0 spiro atoms. The molecule has 2 aromatic heterocycles. The zero-order valence-electron chi connectivity index (χ0n) is 15.1. The number of piperazine rings is 1. The average Bonchev–Trinajstić information content (AvgIpc) is 2.74. The van der Waals surface area contributed by atoms with E-state index in [1.807, 2.05) is 30.3 Å². The van der Waals surface area contributed by atoms with Gasteiger partial charge in [-0.1, -0.05) is 18.2 Å². The molecule has 140 valence electrons. The van der Waals surface area contributed by atoms with Crippen LogP contribution in [0.5, 0.6) is 5.75 Å². The van der Waals surface area contributed by atoms with E-state index in [1.54, 1.807) is 18.2 Å². The minimum absolute atomic E-state index is 0.144. The summed E-state index contributed by atoms with van der Waals surface area (Å²) in [5.74, 6) is 0.144. The van der Waals surface area contributed by atoms with Crippen LogP contribution < -0.4 is 15.8 Å².